The number of hydrogen-bond acceptors (Lipinski definition) is 2. The molecule has 1 N–H and O–H groups in total. The van der Waals surface area contributed by atoms with E-state index in [9.17, 15) is 0 Å². The summed E-state index contributed by atoms with van der Waals surface area (Å²) >= 11 is 0. The Kier molecular flexibility index (Phi) is 4.16. The first-order valence-electron chi connectivity index (χ1n) is 7.35. The number of nitrogens with one attached hydrogen (secondary N) is 1. The highest BCUT2D eigenvalue weighted by molar-refractivity contribution is 5.15. The molecule has 0 aromatic rings. The highest BCUT2D eigenvalue weighted by Gasteiger charge is 2.45. The van der Waals surface area contributed by atoms with Gasteiger partial charge in [-0.2, -0.15) is 0 Å². The summed E-state index contributed by atoms with van der Waals surface area (Å²) in [6.45, 7) is 12.1. The molecule has 0 aromatic heterocycles. The van der Waals surface area contributed by atoms with Crippen molar-refractivity contribution >= 4 is 0 Å². The first-order valence-corrected chi connectivity index (χ1v) is 7.35. The lowest BCUT2D eigenvalue weighted by Crippen LogP contribution is -2.57. The van der Waals surface area contributed by atoms with Gasteiger partial charge in [0.05, 0.1) is 0 Å². The van der Waals surface area contributed by atoms with Gasteiger partial charge in [-0.15, -0.1) is 0 Å². The molecule has 2 aliphatic heterocycles. The number of piperidine rings is 2. The van der Waals surface area contributed by atoms with Gasteiger partial charge in [0.15, 0.2) is 0 Å². The molecule has 2 heteroatoms. The van der Waals surface area contributed by atoms with Gasteiger partial charge in [0.25, 0.3) is 0 Å². The Labute approximate surface area is 112 Å². The Bertz CT molecular complexity index is 345. The molecule has 1 saturated carbocycles. The third kappa shape index (κ3) is 2.49. The second-order valence-corrected chi connectivity index (χ2v) is 6.16. The topological polar surface area (TPSA) is 15.3 Å². The average Bonchev–Trinajstić information content (AvgIpc) is 2.37. The van der Waals surface area contributed by atoms with Gasteiger partial charge in [-0.05, 0) is 45.6 Å². The third-order valence-electron chi connectivity index (χ3n) is 4.94. The predicted octanol–water partition coefficient (Wildman–Crippen LogP) is 3.38. The molecule has 4 atom stereocenters. The molecule has 1 unspecified atom stereocenters. The van der Waals surface area contributed by atoms with Crippen LogP contribution < -0.4 is 5.32 Å². The van der Waals surface area contributed by atoms with E-state index in [1.165, 1.54) is 37.2 Å². The lowest BCUT2D eigenvalue weighted by atomic mass is 9.65. The van der Waals surface area contributed by atoms with Gasteiger partial charge in [0.1, 0.15) is 0 Å². The quantitative estimate of drug-likeness (QED) is 0.820. The molecule has 18 heavy (non-hydrogen) atoms. The summed E-state index contributed by atoms with van der Waals surface area (Å²) in [5.41, 5.74) is 2.45. The molecule has 0 aromatic carbocycles. The van der Waals surface area contributed by atoms with E-state index < -0.39 is 0 Å². The summed E-state index contributed by atoms with van der Waals surface area (Å²) in [5, 5.41) is 3.49. The van der Waals surface area contributed by atoms with Crippen LogP contribution in [0.5, 0.6) is 0 Å². The molecule has 0 radical (unpaired) electrons. The second kappa shape index (κ2) is 5.48. The predicted molar refractivity (Wildman–Crippen MR) is 78.1 cm³/mol. The molecule has 3 rings (SSSR count). The summed E-state index contributed by atoms with van der Waals surface area (Å²) < 4.78 is 0. The van der Waals surface area contributed by atoms with Gasteiger partial charge < -0.3 is 10.2 Å². The fourth-order valence-electron chi connectivity index (χ4n) is 4.01. The van der Waals surface area contributed by atoms with Crippen molar-refractivity contribution in [3.8, 4) is 0 Å². The highest BCUT2D eigenvalue weighted by Crippen LogP contribution is 2.45. The van der Waals surface area contributed by atoms with Gasteiger partial charge in [-0.1, -0.05) is 26.0 Å². The van der Waals surface area contributed by atoms with Crippen LogP contribution >= 0.6 is 0 Å². The largest absolute Gasteiger partial charge is 0.363 e. The molecule has 2 heterocycles. The van der Waals surface area contributed by atoms with E-state index in [2.05, 4.69) is 50.7 Å². The van der Waals surface area contributed by atoms with Crippen LogP contribution in [0.25, 0.3) is 0 Å². The minimum absolute atomic E-state index is 0.627. The van der Waals surface area contributed by atoms with Crippen molar-refractivity contribution in [3.63, 3.8) is 0 Å². The molecular weight excluding hydrogens is 220 g/mol. The average molecular weight is 248 g/mol. The number of allylic oxidation sites excluding steroid dienone is 2. The Morgan fingerprint density at radius 3 is 2.72 bits per heavy atom. The number of hydrogen-bond donors (Lipinski definition) is 1. The van der Waals surface area contributed by atoms with Crippen LogP contribution in [0.2, 0.25) is 0 Å². The minimum Gasteiger partial charge on any atom is -0.363 e. The number of rotatable bonds is 4. The zero-order valence-corrected chi connectivity index (χ0v) is 12.4. The molecule has 2 nitrogen and oxygen atoms in total. The molecule has 1 aliphatic carbocycles. The van der Waals surface area contributed by atoms with Gasteiger partial charge in [-0.25, -0.2) is 0 Å². The maximum Gasteiger partial charge on any atom is 0.0203 e. The number of nitrogens with zero attached hydrogens (tertiary/aromatic N) is 1. The fraction of sp³-hybridized carbons (Fsp3) is 0.750. The van der Waals surface area contributed by atoms with Crippen molar-refractivity contribution in [3.05, 3.63) is 24.0 Å². The van der Waals surface area contributed by atoms with E-state index in [4.69, 9.17) is 0 Å². The van der Waals surface area contributed by atoms with Gasteiger partial charge in [0.2, 0.25) is 0 Å². The van der Waals surface area contributed by atoms with Crippen molar-refractivity contribution in [2.24, 2.45) is 17.8 Å². The van der Waals surface area contributed by atoms with E-state index in [1.54, 1.807) is 0 Å². The SMILES string of the molecule is C=C(N/C(C)=C/C)[C@@H]1C[C@@H]2C[C@H](CC)C1N(C)C2. The lowest BCUT2D eigenvalue weighted by molar-refractivity contribution is -0.0163. The van der Waals surface area contributed by atoms with Crippen LogP contribution in [0, 0.1) is 17.8 Å². The smallest absolute Gasteiger partial charge is 0.0203 e. The van der Waals surface area contributed by atoms with Crippen molar-refractivity contribution in [2.45, 2.75) is 46.1 Å². The summed E-state index contributed by atoms with van der Waals surface area (Å²) in [6, 6.07) is 0.699. The molecular formula is C16H28N2. The maximum absolute atomic E-state index is 4.31. The van der Waals surface area contributed by atoms with E-state index in [0.29, 0.717) is 12.0 Å². The summed E-state index contributed by atoms with van der Waals surface area (Å²) in [4.78, 5) is 2.58. The van der Waals surface area contributed by atoms with Gasteiger partial charge in [0, 0.05) is 29.9 Å². The summed E-state index contributed by atoms with van der Waals surface area (Å²) in [5.74, 6) is 2.36. The van der Waals surface area contributed by atoms with E-state index in [1.807, 2.05) is 0 Å². The van der Waals surface area contributed by atoms with Crippen molar-refractivity contribution in [2.75, 3.05) is 13.6 Å². The van der Waals surface area contributed by atoms with Crippen LogP contribution in [-0.2, 0) is 0 Å². The molecule has 0 spiro atoms. The van der Waals surface area contributed by atoms with Crippen molar-refractivity contribution in [1.29, 1.82) is 0 Å². The molecule has 0 amide bonds. The number of fused-ring (bicyclic) bond motifs is 3. The monoisotopic (exact) mass is 248 g/mol. The van der Waals surface area contributed by atoms with E-state index in [-0.39, 0.29) is 0 Å². The fourth-order valence-corrected chi connectivity index (χ4v) is 4.01. The van der Waals surface area contributed by atoms with Crippen LogP contribution in [0.3, 0.4) is 0 Å². The van der Waals surface area contributed by atoms with Crippen LogP contribution in [0.4, 0.5) is 0 Å². The molecule has 3 fully saturated rings. The van der Waals surface area contributed by atoms with E-state index >= 15 is 0 Å². The first-order chi connectivity index (χ1) is 8.56. The maximum atomic E-state index is 4.31. The molecule has 3 aliphatic rings. The first kappa shape index (κ1) is 13.7. The van der Waals surface area contributed by atoms with Crippen LogP contribution in [0.1, 0.15) is 40.0 Å². The second-order valence-electron chi connectivity index (χ2n) is 6.16. The Hall–Kier alpha value is -0.760. The van der Waals surface area contributed by atoms with Gasteiger partial charge >= 0.3 is 0 Å². The zero-order valence-electron chi connectivity index (χ0n) is 12.4. The van der Waals surface area contributed by atoms with Crippen LogP contribution in [0.15, 0.2) is 24.0 Å². The Morgan fingerprint density at radius 1 is 1.44 bits per heavy atom. The Balaban J connectivity index is 2.11. The standard InChI is InChI=1S/C16H28N2/c1-6-11(3)17-12(4)15-9-13-8-14(7-2)16(15)18(5)10-13/h6,13-17H,4,7-10H2,1-3,5H3/b11-6+/t13-,14-,15-,16?/m0/s1. The third-order valence-corrected chi connectivity index (χ3v) is 4.94. The Morgan fingerprint density at radius 2 is 2.17 bits per heavy atom. The van der Waals surface area contributed by atoms with Gasteiger partial charge in [-0.3, -0.25) is 0 Å². The van der Waals surface area contributed by atoms with Crippen molar-refractivity contribution < 1.29 is 0 Å². The van der Waals surface area contributed by atoms with Crippen molar-refractivity contribution in [1.82, 2.24) is 10.2 Å². The molecule has 2 saturated heterocycles. The zero-order chi connectivity index (χ0) is 13.3. The summed E-state index contributed by atoms with van der Waals surface area (Å²) in [7, 11) is 2.29. The van der Waals surface area contributed by atoms with Crippen LogP contribution in [-0.4, -0.2) is 24.5 Å². The summed E-state index contributed by atoms with van der Waals surface area (Å²) in [6.07, 6.45) is 6.18. The minimum atomic E-state index is 0.627. The highest BCUT2D eigenvalue weighted by atomic mass is 15.2. The molecule has 102 valence electrons. The molecule has 2 bridgehead atoms. The normalized spacial score (nSPS) is 36.8. The van der Waals surface area contributed by atoms with E-state index in [0.717, 1.165) is 11.8 Å². The lowest BCUT2D eigenvalue weighted by Gasteiger charge is -2.53.